The molecule has 1 aliphatic rings. The highest BCUT2D eigenvalue weighted by atomic mass is 19.4. The Morgan fingerprint density at radius 2 is 2.05 bits per heavy atom. The van der Waals surface area contributed by atoms with E-state index in [4.69, 9.17) is 31.4 Å². The first-order chi connectivity index (χ1) is 9.57. The van der Waals surface area contributed by atoms with Gasteiger partial charge in [0.05, 0.1) is 5.69 Å². The molecule has 0 saturated carbocycles. The highest BCUT2D eigenvalue weighted by molar-refractivity contribution is 5.73. The number of carboxylic acids is 1. The van der Waals surface area contributed by atoms with Crippen LogP contribution in [0.3, 0.4) is 0 Å². The van der Waals surface area contributed by atoms with Crippen molar-refractivity contribution in [2.45, 2.75) is 25.6 Å². The second-order valence-corrected chi connectivity index (χ2v) is 4.12. The average Bonchev–Trinajstić information content (AvgIpc) is 2.70. The molecule has 0 radical (unpaired) electrons. The van der Waals surface area contributed by atoms with Crippen molar-refractivity contribution in [2.75, 3.05) is 11.5 Å². The summed E-state index contributed by atoms with van der Waals surface area (Å²) >= 11 is 0. The Hall–Kier alpha value is -2.70. The third-order valence-electron chi connectivity index (χ3n) is 2.49. The molecule has 0 fully saturated rings. The van der Waals surface area contributed by atoms with Gasteiger partial charge in [0.1, 0.15) is 23.6 Å². The summed E-state index contributed by atoms with van der Waals surface area (Å²) in [6, 6.07) is 1.94. The number of ether oxygens (including phenoxy) is 1. The maximum absolute atomic E-state index is 10.6. The van der Waals surface area contributed by atoms with E-state index in [1.54, 1.807) is 0 Å². The molecule has 0 aliphatic carbocycles. The van der Waals surface area contributed by atoms with E-state index in [0.717, 1.165) is 5.56 Å². The molecular formula is C11H11F3N4O3. The third-order valence-corrected chi connectivity index (χ3v) is 2.49. The first-order valence-electron chi connectivity index (χ1n) is 5.52. The lowest BCUT2D eigenvalue weighted by atomic mass is 10.1. The molecule has 10 heteroatoms. The summed E-state index contributed by atoms with van der Waals surface area (Å²) in [6.45, 7) is 1.92. The van der Waals surface area contributed by atoms with Crippen LogP contribution in [-0.2, 0) is 11.2 Å². The van der Waals surface area contributed by atoms with Gasteiger partial charge in [0.2, 0.25) is 5.88 Å². The molecule has 2 heterocycles. The fourth-order valence-corrected chi connectivity index (χ4v) is 1.57. The largest absolute Gasteiger partial charge is 0.490 e. The minimum atomic E-state index is -5.08. The molecule has 1 aliphatic heterocycles. The minimum absolute atomic E-state index is 0.0492. The molecule has 7 nitrogen and oxygen atoms in total. The monoisotopic (exact) mass is 304 g/mol. The van der Waals surface area contributed by atoms with Crippen LogP contribution >= 0.6 is 0 Å². The van der Waals surface area contributed by atoms with Gasteiger partial charge >= 0.3 is 12.1 Å². The lowest BCUT2D eigenvalue weighted by Crippen LogP contribution is -2.21. The zero-order valence-corrected chi connectivity index (χ0v) is 10.7. The van der Waals surface area contributed by atoms with Crippen molar-refractivity contribution in [3.8, 4) is 11.9 Å². The van der Waals surface area contributed by atoms with Crippen LogP contribution in [0.25, 0.3) is 0 Å². The predicted octanol–water partition coefficient (Wildman–Crippen LogP) is 1.07. The van der Waals surface area contributed by atoms with Gasteiger partial charge < -0.3 is 21.3 Å². The Morgan fingerprint density at radius 3 is 2.48 bits per heavy atom. The number of halogens is 3. The molecule has 0 amide bonds. The summed E-state index contributed by atoms with van der Waals surface area (Å²) in [6.07, 6.45) is -4.35. The number of alkyl halides is 3. The summed E-state index contributed by atoms with van der Waals surface area (Å²) in [5.41, 5.74) is 12.8. The highest BCUT2D eigenvalue weighted by Gasteiger charge is 2.38. The van der Waals surface area contributed by atoms with Crippen LogP contribution in [0.5, 0.6) is 5.88 Å². The number of carboxylic acid groups (broad SMARTS) is 1. The van der Waals surface area contributed by atoms with E-state index in [9.17, 15) is 13.2 Å². The van der Waals surface area contributed by atoms with Crippen LogP contribution in [0.15, 0.2) is 0 Å². The highest BCUT2D eigenvalue weighted by Crippen LogP contribution is 2.35. The second kappa shape index (κ2) is 5.74. The van der Waals surface area contributed by atoms with Crippen molar-refractivity contribution in [3.05, 3.63) is 11.1 Å². The molecule has 1 aromatic heterocycles. The Labute approximate surface area is 116 Å². The Kier molecular flexibility index (Phi) is 4.47. The van der Waals surface area contributed by atoms with Crippen molar-refractivity contribution in [1.82, 2.24) is 4.98 Å². The molecule has 0 aromatic carbocycles. The van der Waals surface area contributed by atoms with Crippen LogP contribution in [0.2, 0.25) is 0 Å². The molecule has 114 valence electrons. The van der Waals surface area contributed by atoms with Crippen LogP contribution in [0.4, 0.5) is 24.7 Å². The number of hydrogen-bond acceptors (Lipinski definition) is 6. The predicted molar refractivity (Wildman–Crippen MR) is 65.3 cm³/mol. The normalized spacial score (nSPS) is 16.0. The maximum atomic E-state index is 10.6. The first-order valence-corrected chi connectivity index (χ1v) is 5.52. The average molecular weight is 304 g/mol. The molecule has 0 spiro atoms. The van der Waals surface area contributed by atoms with Gasteiger partial charge in [0.25, 0.3) is 0 Å². The SMILES string of the molecule is CC1Cc2c(nc(N)c(C#N)c2N)O1.O=C(O)C(F)(F)F. The van der Waals surface area contributed by atoms with E-state index in [-0.39, 0.29) is 17.5 Å². The molecule has 5 N–H and O–H groups in total. The molecular weight excluding hydrogens is 293 g/mol. The van der Waals surface area contributed by atoms with E-state index < -0.39 is 12.1 Å². The number of nitriles is 1. The summed E-state index contributed by atoms with van der Waals surface area (Å²) in [4.78, 5) is 12.9. The number of fused-ring (bicyclic) bond motifs is 1. The number of nitrogens with two attached hydrogens (primary N) is 2. The van der Waals surface area contributed by atoms with E-state index >= 15 is 0 Å². The lowest BCUT2D eigenvalue weighted by Gasteiger charge is -2.05. The summed E-state index contributed by atoms with van der Waals surface area (Å²) < 4.78 is 37.1. The fraction of sp³-hybridized carbons (Fsp3) is 0.364. The molecule has 2 rings (SSSR count). The molecule has 0 bridgehead atoms. The Bertz CT molecular complexity index is 610. The maximum Gasteiger partial charge on any atom is 0.490 e. The van der Waals surface area contributed by atoms with Crippen molar-refractivity contribution < 1.29 is 27.8 Å². The number of rotatable bonds is 0. The molecule has 1 unspecified atom stereocenters. The topological polar surface area (TPSA) is 135 Å². The van der Waals surface area contributed by atoms with Crippen molar-refractivity contribution in [2.24, 2.45) is 0 Å². The van der Waals surface area contributed by atoms with Crippen molar-refractivity contribution in [3.63, 3.8) is 0 Å². The van der Waals surface area contributed by atoms with Gasteiger partial charge in [-0.25, -0.2) is 4.79 Å². The standard InChI is InChI=1S/C9H10N4O.C2HF3O2/c1-4-2-5-7(11)6(3-10)8(12)13-9(5)14-4;3-2(4,5)1(6)7/h4H,2H2,1H3,(H4,11,12,13);(H,6,7). The fourth-order valence-electron chi connectivity index (χ4n) is 1.57. The van der Waals surface area contributed by atoms with Gasteiger partial charge in [-0.3, -0.25) is 0 Å². The van der Waals surface area contributed by atoms with Crippen LogP contribution in [0.1, 0.15) is 18.1 Å². The smallest absolute Gasteiger partial charge is 0.475 e. The quantitative estimate of drug-likeness (QED) is 0.652. The van der Waals surface area contributed by atoms with E-state index in [1.165, 1.54) is 0 Å². The Balaban J connectivity index is 0.000000270. The Morgan fingerprint density at radius 1 is 1.52 bits per heavy atom. The van der Waals surface area contributed by atoms with E-state index in [2.05, 4.69) is 4.98 Å². The number of aliphatic carboxylic acids is 1. The van der Waals surface area contributed by atoms with Gasteiger partial charge in [-0.1, -0.05) is 0 Å². The van der Waals surface area contributed by atoms with Gasteiger partial charge in [-0.15, -0.1) is 0 Å². The summed E-state index contributed by atoms with van der Waals surface area (Å²) in [7, 11) is 0. The van der Waals surface area contributed by atoms with E-state index in [1.807, 2.05) is 13.0 Å². The number of anilines is 2. The summed E-state index contributed by atoms with van der Waals surface area (Å²) in [5, 5.41) is 15.9. The molecule has 0 saturated heterocycles. The van der Waals surface area contributed by atoms with E-state index in [0.29, 0.717) is 18.0 Å². The lowest BCUT2D eigenvalue weighted by molar-refractivity contribution is -0.192. The van der Waals surface area contributed by atoms with Crippen LogP contribution in [-0.4, -0.2) is 28.3 Å². The zero-order valence-electron chi connectivity index (χ0n) is 10.7. The number of pyridine rings is 1. The first kappa shape index (κ1) is 16.4. The number of nitrogens with zero attached hydrogens (tertiary/aromatic N) is 2. The van der Waals surface area contributed by atoms with Gasteiger partial charge in [0.15, 0.2) is 0 Å². The molecule has 1 aromatic rings. The molecule has 21 heavy (non-hydrogen) atoms. The van der Waals surface area contributed by atoms with Crippen molar-refractivity contribution >= 4 is 17.5 Å². The molecule has 1 atom stereocenters. The number of aromatic nitrogens is 1. The number of carbonyl (C=O) groups is 1. The van der Waals surface area contributed by atoms with Gasteiger partial charge in [0, 0.05) is 12.0 Å². The van der Waals surface area contributed by atoms with Crippen LogP contribution in [0, 0.1) is 11.3 Å². The van der Waals surface area contributed by atoms with Crippen LogP contribution < -0.4 is 16.2 Å². The minimum Gasteiger partial charge on any atom is -0.475 e. The number of hydrogen-bond donors (Lipinski definition) is 3. The van der Waals surface area contributed by atoms with Gasteiger partial charge in [-0.2, -0.15) is 23.4 Å². The summed E-state index contributed by atoms with van der Waals surface area (Å²) in [5.74, 6) is -2.16. The zero-order chi connectivity index (χ0) is 16.4. The number of nitrogen functional groups attached to an aromatic ring is 2. The second-order valence-electron chi connectivity index (χ2n) is 4.12. The van der Waals surface area contributed by atoms with Gasteiger partial charge in [-0.05, 0) is 6.92 Å². The third kappa shape index (κ3) is 3.65. The van der Waals surface area contributed by atoms with Crippen molar-refractivity contribution in [1.29, 1.82) is 5.26 Å².